The van der Waals surface area contributed by atoms with Gasteiger partial charge in [0.25, 0.3) is 0 Å². The fraction of sp³-hybridized carbons (Fsp3) is 0.462. The van der Waals surface area contributed by atoms with Gasteiger partial charge in [0.05, 0.1) is 19.0 Å². The van der Waals surface area contributed by atoms with E-state index in [0.717, 1.165) is 44.1 Å². The molecule has 0 amide bonds. The van der Waals surface area contributed by atoms with E-state index in [9.17, 15) is 0 Å². The minimum atomic E-state index is 0.722. The number of nitrogens with zero attached hydrogens (tertiary/aromatic N) is 1. The molecule has 86 valence electrons. The van der Waals surface area contributed by atoms with Crippen LogP contribution < -0.4 is 10.1 Å². The predicted molar refractivity (Wildman–Crippen MR) is 66.2 cm³/mol. The molecule has 0 unspecified atom stereocenters. The predicted octanol–water partition coefficient (Wildman–Crippen LogP) is 2.02. The summed E-state index contributed by atoms with van der Waals surface area (Å²) >= 11 is 0. The Morgan fingerprint density at radius 3 is 2.69 bits per heavy atom. The van der Waals surface area contributed by atoms with Gasteiger partial charge < -0.3 is 10.1 Å². The van der Waals surface area contributed by atoms with Crippen LogP contribution in [0.2, 0.25) is 0 Å². The third kappa shape index (κ3) is 2.99. The van der Waals surface area contributed by atoms with E-state index < -0.39 is 0 Å². The maximum Gasteiger partial charge on any atom is 0.119 e. The number of aliphatic imine (C=N–C) groups is 1. The van der Waals surface area contributed by atoms with Crippen LogP contribution in [0.25, 0.3) is 0 Å². The molecule has 1 aliphatic rings. The molecule has 2 rings (SSSR count). The third-order valence-electron chi connectivity index (χ3n) is 2.63. The van der Waals surface area contributed by atoms with Crippen molar-refractivity contribution < 1.29 is 4.74 Å². The molecule has 0 saturated carbocycles. The molecule has 0 radical (unpaired) electrons. The number of rotatable bonds is 5. The number of hydrogen-bond acceptors (Lipinski definition) is 3. The van der Waals surface area contributed by atoms with E-state index in [-0.39, 0.29) is 0 Å². The SMILES string of the molecule is CCOc1ccc(CCC2=NCCN2)cc1. The van der Waals surface area contributed by atoms with Gasteiger partial charge >= 0.3 is 0 Å². The van der Waals surface area contributed by atoms with Crippen LogP contribution >= 0.6 is 0 Å². The summed E-state index contributed by atoms with van der Waals surface area (Å²) in [4.78, 5) is 4.38. The number of aryl methyl sites for hydroxylation is 1. The lowest BCUT2D eigenvalue weighted by atomic mass is 10.1. The molecule has 0 aliphatic carbocycles. The van der Waals surface area contributed by atoms with E-state index >= 15 is 0 Å². The van der Waals surface area contributed by atoms with Crippen LogP contribution in [0.4, 0.5) is 0 Å². The highest BCUT2D eigenvalue weighted by Gasteiger charge is 2.04. The van der Waals surface area contributed by atoms with E-state index in [1.54, 1.807) is 0 Å². The maximum atomic E-state index is 5.40. The van der Waals surface area contributed by atoms with Gasteiger partial charge in [-0.05, 0) is 31.0 Å². The molecule has 0 fully saturated rings. The first kappa shape index (κ1) is 11.0. The van der Waals surface area contributed by atoms with Gasteiger partial charge in [0.1, 0.15) is 5.75 Å². The van der Waals surface area contributed by atoms with Crippen LogP contribution in [0.5, 0.6) is 5.75 Å². The van der Waals surface area contributed by atoms with Gasteiger partial charge in [-0.1, -0.05) is 12.1 Å². The summed E-state index contributed by atoms with van der Waals surface area (Å²) in [6, 6.07) is 8.31. The van der Waals surface area contributed by atoms with Crippen LogP contribution in [0.3, 0.4) is 0 Å². The number of hydrogen-bond donors (Lipinski definition) is 1. The first-order valence-corrected chi connectivity index (χ1v) is 5.87. The first-order valence-electron chi connectivity index (χ1n) is 5.87. The molecule has 0 bridgehead atoms. The zero-order valence-corrected chi connectivity index (χ0v) is 9.70. The van der Waals surface area contributed by atoms with E-state index in [1.165, 1.54) is 5.56 Å². The van der Waals surface area contributed by atoms with Crippen molar-refractivity contribution >= 4 is 5.84 Å². The Balaban J connectivity index is 1.84. The average Bonchev–Trinajstić information content (AvgIpc) is 2.82. The van der Waals surface area contributed by atoms with Crippen molar-refractivity contribution in [1.29, 1.82) is 0 Å². The van der Waals surface area contributed by atoms with Gasteiger partial charge in [-0.2, -0.15) is 0 Å². The van der Waals surface area contributed by atoms with E-state index in [4.69, 9.17) is 4.74 Å². The number of ether oxygens (including phenoxy) is 1. The van der Waals surface area contributed by atoms with Crippen LogP contribution in [0, 0.1) is 0 Å². The normalized spacial score (nSPS) is 14.4. The van der Waals surface area contributed by atoms with Crippen molar-refractivity contribution in [2.24, 2.45) is 4.99 Å². The molecule has 3 heteroatoms. The number of benzene rings is 1. The summed E-state index contributed by atoms with van der Waals surface area (Å²) in [5, 5.41) is 3.28. The molecule has 3 nitrogen and oxygen atoms in total. The highest BCUT2D eigenvalue weighted by atomic mass is 16.5. The topological polar surface area (TPSA) is 33.6 Å². The summed E-state index contributed by atoms with van der Waals surface area (Å²) in [5.74, 6) is 2.09. The molecule has 1 N–H and O–H groups in total. The monoisotopic (exact) mass is 218 g/mol. The molecule has 16 heavy (non-hydrogen) atoms. The Morgan fingerprint density at radius 2 is 2.06 bits per heavy atom. The van der Waals surface area contributed by atoms with E-state index in [1.807, 2.05) is 19.1 Å². The van der Waals surface area contributed by atoms with Gasteiger partial charge in [0, 0.05) is 13.0 Å². The Bertz CT molecular complexity index is 357. The van der Waals surface area contributed by atoms with Crippen LogP contribution in [-0.2, 0) is 6.42 Å². The molecule has 1 heterocycles. The van der Waals surface area contributed by atoms with Gasteiger partial charge in [0.2, 0.25) is 0 Å². The lowest BCUT2D eigenvalue weighted by molar-refractivity contribution is 0.340. The summed E-state index contributed by atoms with van der Waals surface area (Å²) in [7, 11) is 0. The molecule has 1 aliphatic heterocycles. The standard InChI is InChI=1S/C13H18N2O/c1-2-16-12-6-3-11(4-7-12)5-8-13-14-9-10-15-13/h3-4,6-7H,2,5,8-10H2,1H3,(H,14,15). The van der Waals surface area contributed by atoms with Crippen LogP contribution in [0.1, 0.15) is 18.9 Å². The minimum Gasteiger partial charge on any atom is -0.494 e. The largest absolute Gasteiger partial charge is 0.494 e. The smallest absolute Gasteiger partial charge is 0.119 e. The Kier molecular flexibility index (Phi) is 3.81. The minimum absolute atomic E-state index is 0.722. The van der Waals surface area contributed by atoms with Gasteiger partial charge in [-0.3, -0.25) is 4.99 Å². The Morgan fingerprint density at radius 1 is 1.25 bits per heavy atom. The molecule has 0 spiro atoms. The second-order valence-corrected chi connectivity index (χ2v) is 3.83. The maximum absolute atomic E-state index is 5.40. The summed E-state index contributed by atoms with van der Waals surface area (Å²) in [5.41, 5.74) is 1.33. The highest BCUT2D eigenvalue weighted by molar-refractivity contribution is 5.83. The third-order valence-corrected chi connectivity index (χ3v) is 2.63. The van der Waals surface area contributed by atoms with Crippen LogP contribution in [-0.4, -0.2) is 25.5 Å². The Labute approximate surface area is 96.5 Å². The van der Waals surface area contributed by atoms with E-state index in [2.05, 4.69) is 22.4 Å². The number of nitrogens with one attached hydrogen (secondary N) is 1. The Hall–Kier alpha value is -1.51. The van der Waals surface area contributed by atoms with Gasteiger partial charge in [0.15, 0.2) is 0 Å². The zero-order valence-electron chi connectivity index (χ0n) is 9.70. The second-order valence-electron chi connectivity index (χ2n) is 3.83. The zero-order chi connectivity index (χ0) is 11.2. The van der Waals surface area contributed by atoms with Crippen molar-refractivity contribution in [2.75, 3.05) is 19.7 Å². The quantitative estimate of drug-likeness (QED) is 0.820. The lowest BCUT2D eigenvalue weighted by Crippen LogP contribution is -2.18. The van der Waals surface area contributed by atoms with Gasteiger partial charge in [-0.15, -0.1) is 0 Å². The number of amidine groups is 1. The second kappa shape index (κ2) is 5.54. The van der Waals surface area contributed by atoms with Crippen LogP contribution in [0.15, 0.2) is 29.3 Å². The van der Waals surface area contributed by atoms with Crippen molar-refractivity contribution in [1.82, 2.24) is 5.32 Å². The molecule has 1 aromatic carbocycles. The van der Waals surface area contributed by atoms with E-state index in [0.29, 0.717) is 0 Å². The summed E-state index contributed by atoms with van der Waals surface area (Å²) in [6.45, 7) is 4.65. The van der Waals surface area contributed by atoms with Gasteiger partial charge in [-0.25, -0.2) is 0 Å². The molecule has 0 saturated heterocycles. The fourth-order valence-electron chi connectivity index (χ4n) is 1.80. The molecule has 1 aromatic rings. The lowest BCUT2D eigenvalue weighted by Gasteiger charge is -2.05. The molecular formula is C13H18N2O. The summed E-state index contributed by atoms with van der Waals surface area (Å²) in [6.07, 6.45) is 2.05. The first-order chi connectivity index (χ1) is 7.88. The highest BCUT2D eigenvalue weighted by Crippen LogP contribution is 2.13. The summed E-state index contributed by atoms with van der Waals surface area (Å²) < 4.78 is 5.40. The van der Waals surface area contributed by atoms with Crippen molar-refractivity contribution in [3.63, 3.8) is 0 Å². The van der Waals surface area contributed by atoms with Crippen molar-refractivity contribution in [3.8, 4) is 5.75 Å². The molecular weight excluding hydrogens is 200 g/mol. The fourth-order valence-corrected chi connectivity index (χ4v) is 1.80. The molecule has 0 aromatic heterocycles. The van der Waals surface area contributed by atoms with Crippen molar-refractivity contribution in [2.45, 2.75) is 19.8 Å². The molecule has 0 atom stereocenters. The van der Waals surface area contributed by atoms with Crippen molar-refractivity contribution in [3.05, 3.63) is 29.8 Å². The average molecular weight is 218 g/mol.